The number of benzene rings is 1. The highest BCUT2D eigenvalue weighted by molar-refractivity contribution is 7.89. The average Bonchev–Trinajstić information content (AvgIpc) is 2.36. The lowest BCUT2D eigenvalue weighted by molar-refractivity contribution is 0.493. The summed E-state index contributed by atoms with van der Waals surface area (Å²) in [5, 5.41) is 0. The van der Waals surface area contributed by atoms with Gasteiger partial charge in [0.05, 0.1) is 4.90 Å². The Morgan fingerprint density at radius 1 is 1.37 bits per heavy atom. The summed E-state index contributed by atoms with van der Waals surface area (Å²) >= 11 is 0. The molecule has 0 bridgehead atoms. The molecule has 4 nitrogen and oxygen atoms in total. The Morgan fingerprint density at radius 2 is 2.00 bits per heavy atom. The predicted molar refractivity (Wildman–Crippen MR) is 78.3 cm³/mol. The van der Waals surface area contributed by atoms with Crippen LogP contribution in [0.25, 0.3) is 0 Å². The number of nitrogens with two attached hydrogens (primary N) is 1. The molecule has 0 aliphatic heterocycles. The number of nitrogens with zero attached hydrogens (tertiary/aromatic N) is 1. The lowest BCUT2D eigenvalue weighted by Gasteiger charge is -2.18. The Labute approximate surface area is 116 Å². The second kappa shape index (κ2) is 6.32. The third-order valence-electron chi connectivity index (χ3n) is 2.98. The fourth-order valence-electron chi connectivity index (χ4n) is 1.94. The molecule has 0 atom stereocenters. The van der Waals surface area contributed by atoms with Gasteiger partial charge in [-0.05, 0) is 36.6 Å². The van der Waals surface area contributed by atoms with Crippen LogP contribution in [0.15, 0.2) is 35.2 Å². The van der Waals surface area contributed by atoms with Crippen molar-refractivity contribution in [2.45, 2.75) is 31.7 Å². The van der Waals surface area contributed by atoms with Gasteiger partial charge in [0.25, 0.3) is 0 Å². The van der Waals surface area contributed by atoms with E-state index < -0.39 is 10.0 Å². The van der Waals surface area contributed by atoms with E-state index in [9.17, 15) is 8.42 Å². The zero-order valence-corrected chi connectivity index (χ0v) is 12.6. The molecule has 0 aromatic heterocycles. The standard InChI is InChI=1S/C14H22N2O2S/c1-5-12-6-7-14(8-13(12)9-15)19(17,18)16(4)10-11(2)3/h6-8H,2,5,9-10,15H2,1,3-4H3. The lowest BCUT2D eigenvalue weighted by Crippen LogP contribution is -2.28. The van der Waals surface area contributed by atoms with Crippen LogP contribution < -0.4 is 5.73 Å². The molecule has 1 aromatic rings. The van der Waals surface area contributed by atoms with Crippen LogP contribution in [0.4, 0.5) is 0 Å². The molecule has 1 aromatic carbocycles. The minimum Gasteiger partial charge on any atom is -0.326 e. The molecule has 0 spiro atoms. The fraction of sp³-hybridized carbons (Fsp3) is 0.429. The van der Waals surface area contributed by atoms with Gasteiger partial charge in [0.1, 0.15) is 0 Å². The molecule has 0 fully saturated rings. The van der Waals surface area contributed by atoms with Crippen molar-refractivity contribution >= 4 is 10.0 Å². The van der Waals surface area contributed by atoms with Crippen molar-refractivity contribution in [3.63, 3.8) is 0 Å². The molecule has 19 heavy (non-hydrogen) atoms. The van der Waals surface area contributed by atoms with Crippen LogP contribution in [0, 0.1) is 0 Å². The maximum atomic E-state index is 12.4. The minimum absolute atomic E-state index is 0.286. The zero-order valence-electron chi connectivity index (χ0n) is 11.8. The smallest absolute Gasteiger partial charge is 0.243 e. The molecule has 0 aliphatic rings. The first-order valence-corrected chi connectivity index (χ1v) is 7.69. The summed E-state index contributed by atoms with van der Waals surface area (Å²) in [4.78, 5) is 0.286. The van der Waals surface area contributed by atoms with E-state index in [1.165, 1.54) is 4.31 Å². The monoisotopic (exact) mass is 282 g/mol. The summed E-state index contributed by atoms with van der Waals surface area (Å²) in [6.07, 6.45) is 0.842. The molecular formula is C14H22N2O2S. The summed E-state index contributed by atoms with van der Waals surface area (Å²) in [6, 6.07) is 5.15. The number of hydrogen-bond acceptors (Lipinski definition) is 3. The van der Waals surface area contributed by atoms with Crippen molar-refractivity contribution in [3.8, 4) is 0 Å². The maximum Gasteiger partial charge on any atom is 0.243 e. The van der Waals surface area contributed by atoms with Gasteiger partial charge in [-0.2, -0.15) is 4.31 Å². The van der Waals surface area contributed by atoms with Gasteiger partial charge in [0.2, 0.25) is 10.0 Å². The number of aryl methyl sites for hydroxylation is 1. The van der Waals surface area contributed by atoms with Crippen molar-refractivity contribution < 1.29 is 8.42 Å². The molecule has 2 N–H and O–H groups in total. The molecule has 1 rings (SSSR count). The zero-order chi connectivity index (χ0) is 14.6. The van der Waals surface area contributed by atoms with E-state index in [2.05, 4.69) is 6.58 Å². The second-order valence-electron chi connectivity index (χ2n) is 4.71. The van der Waals surface area contributed by atoms with E-state index in [0.29, 0.717) is 13.1 Å². The third-order valence-corrected chi connectivity index (χ3v) is 4.78. The molecule has 106 valence electrons. The van der Waals surface area contributed by atoms with Crippen LogP contribution in [-0.2, 0) is 23.0 Å². The quantitative estimate of drug-likeness (QED) is 0.811. The van der Waals surface area contributed by atoms with Gasteiger partial charge in [-0.1, -0.05) is 25.1 Å². The fourth-order valence-corrected chi connectivity index (χ4v) is 3.22. The Bertz CT molecular complexity index is 565. The molecule has 0 heterocycles. The van der Waals surface area contributed by atoms with Gasteiger partial charge >= 0.3 is 0 Å². The van der Waals surface area contributed by atoms with Gasteiger partial charge in [-0.25, -0.2) is 8.42 Å². The second-order valence-corrected chi connectivity index (χ2v) is 6.75. The highest BCUT2D eigenvalue weighted by Gasteiger charge is 2.21. The van der Waals surface area contributed by atoms with E-state index in [-0.39, 0.29) is 4.90 Å². The summed E-state index contributed by atoms with van der Waals surface area (Å²) in [7, 11) is -1.92. The Balaban J connectivity index is 3.18. The molecule has 0 aliphatic carbocycles. The van der Waals surface area contributed by atoms with Gasteiger partial charge in [0.15, 0.2) is 0 Å². The molecule has 0 radical (unpaired) electrons. The van der Waals surface area contributed by atoms with Crippen molar-refractivity contribution in [1.29, 1.82) is 0 Å². The Kier molecular flexibility index (Phi) is 5.29. The number of sulfonamides is 1. The number of rotatable bonds is 6. The van der Waals surface area contributed by atoms with Gasteiger partial charge in [-0.15, -0.1) is 0 Å². The summed E-state index contributed by atoms with van der Waals surface area (Å²) < 4.78 is 26.1. The van der Waals surface area contributed by atoms with E-state index in [4.69, 9.17) is 5.73 Å². The SMILES string of the molecule is C=C(C)CN(C)S(=O)(=O)c1ccc(CC)c(CN)c1. The number of likely N-dealkylation sites (N-methyl/N-ethyl adjacent to an activating group) is 1. The Hall–Kier alpha value is -1.17. The van der Waals surface area contributed by atoms with Gasteiger partial charge in [-0.3, -0.25) is 0 Å². The Morgan fingerprint density at radius 3 is 2.47 bits per heavy atom. The summed E-state index contributed by atoms with van der Waals surface area (Å²) in [5.74, 6) is 0. The normalized spacial score (nSPS) is 11.8. The first kappa shape index (κ1) is 15.9. The van der Waals surface area contributed by atoms with Crippen molar-refractivity contribution in [2.24, 2.45) is 5.73 Å². The molecule has 0 amide bonds. The predicted octanol–water partition coefficient (Wildman–Crippen LogP) is 1.90. The third kappa shape index (κ3) is 3.65. The van der Waals surface area contributed by atoms with E-state index in [1.807, 2.05) is 13.0 Å². The minimum atomic E-state index is -3.47. The molecule has 5 heteroatoms. The van der Waals surface area contributed by atoms with E-state index in [0.717, 1.165) is 23.1 Å². The first-order valence-electron chi connectivity index (χ1n) is 6.25. The highest BCUT2D eigenvalue weighted by Crippen LogP contribution is 2.19. The van der Waals surface area contributed by atoms with Crippen LogP contribution in [0.1, 0.15) is 25.0 Å². The molecule has 0 unspecified atom stereocenters. The first-order chi connectivity index (χ1) is 8.82. The number of hydrogen-bond donors (Lipinski definition) is 1. The molecule has 0 saturated carbocycles. The van der Waals surface area contributed by atoms with Crippen molar-refractivity contribution in [1.82, 2.24) is 4.31 Å². The van der Waals surface area contributed by atoms with Crippen LogP contribution in [0.5, 0.6) is 0 Å². The van der Waals surface area contributed by atoms with Gasteiger partial charge < -0.3 is 5.73 Å². The lowest BCUT2D eigenvalue weighted by atomic mass is 10.1. The summed E-state index contributed by atoms with van der Waals surface area (Å²) in [5.41, 5.74) is 8.44. The molecular weight excluding hydrogens is 260 g/mol. The highest BCUT2D eigenvalue weighted by atomic mass is 32.2. The van der Waals surface area contributed by atoms with Crippen LogP contribution in [0.3, 0.4) is 0 Å². The van der Waals surface area contributed by atoms with Crippen LogP contribution >= 0.6 is 0 Å². The van der Waals surface area contributed by atoms with E-state index >= 15 is 0 Å². The van der Waals surface area contributed by atoms with Crippen LogP contribution in [0.2, 0.25) is 0 Å². The van der Waals surface area contributed by atoms with Crippen molar-refractivity contribution in [2.75, 3.05) is 13.6 Å². The largest absolute Gasteiger partial charge is 0.326 e. The van der Waals surface area contributed by atoms with Crippen LogP contribution in [-0.4, -0.2) is 26.3 Å². The maximum absolute atomic E-state index is 12.4. The average molecular weight is 282 g/mol. The van der Waals surface area contributed by atoms with Gasteiger partial charge in [0, 0.05) is 20.1 Å². The van der Waals surface area contributed by atoms with Crippen molar-refractivity contribution in [3.05, 3.63) is 41.5 Å². The van der Waals surface area contributed by atoms with E-state index in [1.54, 1.807) is 26.1 Å². The summed E-state index contributed by atoms with van der Waals surface area (Å²) in [6.45, 7) is 8.22. The topological polar surface area (TPSA) is 63.4 Å². The molecule has 0 saturated heterocycles.